The second-order valence-electron chi connectivity index (χ2n) is 7.87. The van der Waals surface area contributed by atoms with E-state index in [1.54, 1.807) is 24.3 Å². The van der Waals surface area contributed by atoms with E-state index in [-0.39, 0.29) is 5.91 Å². The molecule has 6 nitrogen and oxygen atoms in total. The van der Waals surface area contributed by atoms with Gasteiger partial charge in [-0.3, -0.25) is 14.4 Å². The minimum atomic E-state index is -0.794. The van der Waals surface area contributed by atoms with E-state index in [0.29, 0.717) is 24.3 Å². The van der Waals surface area contributed by atoms with Crippen molar-refractivity contribution in [3.63, 3.8) is 0 Å². The molecule has 0 aliphatic carbocycles. The molecule has 0 bridgehead atoms. The fourth-order valence-electron chi connectivity index (χ4n) is 3.45. The number of hydrogen-bond donors (Lipinski definition) is 3. The number of para-hydroxylation sites is 1. The Morgan fingerprint density at radius 2 is 1.45 bits per heavy atom. The third-order valence-corrected chi connectivity index (χ3v) is 5.18. The number of carbonyl (C=O) groups is 3. The first-order chi connectivity index (χ1) is 16.0. The van der Waals surface area contributed by atoms with Gasteiger partial charge in [0.15, 0.2) is 0 Å². The van der Waals surface area contributed by atoms with Crippen molar-refractivity contribution in [3.8, 4) is 0 Å². The average Bonchev–Trinajstić information content (AvgIpc) is 2.83. The lowest BCUT2D eigenvalue weighted by Gasteiger charge is -2.12. The number of aryl methyl sites for hydroxylation is 2. The van der Waals surface area contributed by atoms with Crippen LogP contribution in [0.4, 0.5) is 5.69 Å². The van der Waals surface area contributed by atoms with Crippen molar-refractivity contribution in [1.82, 2.24) is 10.6 Å². The van der Waals surface area contributed by atoms with Gasteiger partial charge in [-0.05, 0) is 49.4 Å². The smallest absolute Gasteiger partial charge is 0.313 e. The van der Waals surface area contributed by atoms with Crippen LogP contribution in [0.15, 0.2) is 78.9 Å². The van der Waals surface area contributed by atoms with Crippen LogP contribution in [-0.4, -0.2) is 24.3 Å². The van der Waals surface area contributed by atoms with Crippen LogP contribution >= 0.6 is 0 Å². The van der Waals surface area contributed by atoms with Gasteiger partial charge in [0.2, 0.25) is 0 Å². The Balaban J connectivity index is 1.47. The van der Waals surface area contributed by atoms with Crippen LogP contribution in [0.5, 0.6) is 0 Å². The van der Waals surface area contributed by atoms with E-state index in [1.165, 1.54) is 5.56 Å². The molecule has 0 aromatic heterocycles. The summed E-state index contributed by atoms with van der Waals surface area (Å²) in [4.78, 5) is 37.2. The Morgan fingerprint density at radius 3 is 2.24 bits per heavy atom. The molecule has 0 saturated heterocycles. The molecule has 0 aliphatic rings. The Kier molecular flexibility index (Phi) is 8.77. The minimum absolute atomic E-state index is 0.295. The van der Waals surface area contributed by atoms with E-state index in [2.05, 4.69) is 28.1 Å². The summed E-state index contributed by atoms with van der Waals surface area (Å²) in [6, 6.07) is 24.6. The number of amides is 3. The minimum Gasteiger partial charge on any atom is -0.348 e. The van der Waals surface area contributed by atoms with Crippen molar-refractivity contribution in [2.45, 2.75) is 32.7 Å². The second-order valence-corrected chi connectivity index (χ2v) is 7.87. The van der Waals surface area contributed by atoms with Crippen molar-refractivity contribution in [1.29, 1.82) is 0 Å². The summed E-state index contributed by atoms with van der Waals surface area (Å²) < 4.78 is 0. The highest BCUT2D eigenvalue weighted by molar-refractivity contribution is 6.40. The molecule has 3 N–H and O–H groups in total. The van der Waals surface area contributed by atoms with Crippen molar-refractivity contribution in [3.05, 3.63) is 101 Å². The standard InChI is InChI=1S/C27H29N3O3/c1-20-10-9-14-22(18-20)19-29-25(31)23-15-5-6-16-24(23)30-27(33)26(32)28-17-8-7-13-21-11-3-2-4-12-21/h2-6,9-12,14-16,18H,7-8,13,17,19H2,1H3,(H,28,32)(H,29,31)(H,30,33). The van der Waals surface area contributed by atoms with Crippen LogP contribution in [0.1, 0.15) is 39.9 Å². The normalized spacial score (nSPS) is 10.3. The quantitative estimate of drug-likeness (QED) is 0.345. The first kappa shape index (κ1) is 23.7. The van der Waals surface area contributed by atoms with Gasteiger partial charge in [0, 0.05) is 13.1 Å². The molecule has 3 rings (SSSR count). The Labute approximate surface area is 194 Å². The third-order valence-electron chi connectivity index (χ3n) is 5.18. The third kappa shape index (κ3) is 7.61. The molecule has 0 unspecified atom stereocenters. The van der Waals surface area contributed by atoms with Gasteiger partial charge in [-0.2, -0.15) is 0 Å². The zero-order chi connectivity index (χ0) is 23.5. The largest absolute Gasteiger partial charge is 0.348 e. The molecular formula is C27H29N3O3. The molecule has 0 saturated carbocycles. The summed E-state index contributed by atoms with van der Waals surface area (Å²) in [5.74, 6) is -1.84. The number of anilines is 1. The zero-order valence-electron chi connectivity index (χ0n) is 18.8. The fraction of sp³-hybridized carbons (Fsp3) is 0.222. The summed E-state index contributed by atoms with van der Waals surface area (Å²) in [6.07, 6.45) is 2.61. The molecule has 3 aromatic rings. The van der Waals surface area contributed by atoms with Crippen molar-refractivity contribution < 1.29 is 14.4 Å². The number of hydrogen-bond acceptors (Lipinski definition) is 3. The van der Waals surface area contributed by atoms with Gasteiger partial charge in [0.1, 0.15) is 0 Å². The van der Waals surface area contributed by atoms with E-state index in [0.717, 1.165) is 30.4 Å². The summed E-state index contributed by atoms with van der Waals surface area (Å²) in [5.41, 5.74) is 3.94. The molecule has 6 heteroatoms. The first-order valence-electron chi connectivity index (χ1n) is 11.1. The number of unbranched alkanes of at least 4 members (excludes halogenated alkanes) is 1. The predicted molar refractivity (Wildman–Crippen MR) is 130 cm³/mol. The lowest BCUT2D eigenvalue weighted by Crippen LogP contribution is -2.36. The van der Waals surface area contributed by atoms with Crippen LogP contribution in [0.2, 0.25) is 0 Å². The van der Waals surface area contributed by atoms with Gasteiger partial charge >= 0.3 is 11.8 Å². The molecule has 0 fully saturated rings. The van der Waals surface area contributed by atoms with Crippen molar-refractivity contribution >= 4 is 23.4 Å². The molecule has 0 atom stereocenters. The SMILES string of the molecule is Cc1cccc(CNC(=O)c2ccccc2NC(=O)C(=O)NCCCCc2ccccc2)c1. The van der Waals surface area contributed by atoms with Crippen LogP contribution in [-0.2, 0) is 22.6 Å². The van der Waals surface area contributed by atoms with Gasteiger partial charge in [0.25, 0.3) is 5.91 Å². The summed E-state index contributed by atoms with van der Waals surface area (Å²) in [7, 11) is 0. The number of benzene rings is 3. The van der Waals surface area contributed by atoms with Gasteiger partial charge in [-0.1, -0.05) is 72.3 Å². The van der Waals surface area contributed by atoms with Crippen LogP contribution in [0.3, 0.4) is 0 Å². The number of carbonyl (C=O) groups excluding carboxylic acids is 3. The number of nitrogens with one attached hydrogen (secondary N) is 3. The maximum absolute atomic E-state index is 12.7. The van der Waals surface area contributed by atoms with Gasteiger partial charge in [-0.25, -0.2) is 0 Å². The molecule has 170 valence electrons. The van der Waals surface area contributed by atoms with Crippen LogP contribution in [0, 0.1) is 6.92 Å². The molecule has 33 heavy (non-hydrogen) atoms. The average molecular weight is 444 g/mol. The highest BCUT2D eigenvalue weighted by Crippen LogP contribution is 2.15. The lowest BCUT2D eigenvalue weighted by atomic mass is 10.1. The Hall–Kier alpha value is -3.93. The maximum Gasteiger partial charge on any atom is 0.313 e. The fourth-order valence-corrected chi connectivity index (χ4v) is 3.45. The summed E-state index contributed by atoms with van der Waals surface area (Å²) in [5, 5.41) is 8.05. The van der Waals surface area contributed by atoms with E-state index in [9.17, 15) is 14.4 Å². The Bertz CT molecular complexity index is 1100. The van der Waals surface area contributed by atoms with E-state index in [4.69, 9.17) is 0 Å². The molecule has 0 aliphatic heterocycles. The molecule has 0 spiro atoms. The predicted octanol–water partition coefficient (Wildman–Crippen LogP) is 4.00. The summed E-state index contributed by atoms with van der Waals surface area (Å²) >= 11 is 0. The molecule has 0 radical (unpaired) electrons. The monoisotopic (exact) mass is 443 g/mol. The van der Waals surface area contributed by atoms with Gasteiger partial charge < -0.3 is 16.0 Å². The highest BCUT2D eigenvalue weighted by Gasteiger charge is 2.17. The molecule has 3 aromatic carbocycles. The topological polar surface area (TPSA) is 87.3 Å². The second kappa shape index (κ2) is 12.2. The van der Waals surface area contributed by atoms with Crippen molar-refractivity contribution in [2.24, 2.45) is 0 Å². The maximum atomic E-state index is 12.7. The molecule has 0 heterocycles. The van der Waals surface area contributed by atoms with Crippen LogP contribution in [0.25, 0.3) is 0 Å². The molecular weight excluding hydrogens is 414 g/mol. The van der Waals surface area contributed by atoms with E-state index >= 15 is 0 Å². The van der Waals surface area contributed by atoms with Crippen LogP contribution < -0.4 is 16.0 Å². The lowest BCUT2D eigenvalue weighted by molar-refractivity contribution is -0.136. The van der Waals surface area contributed by atoms with Crippen molar-refractivity contribution in [2.75, 3.05) is 11.9 Å². The Morgan fingerprint density at radius 1 is 0.727 bits per heavy atom. The molecule has 3 amide bonds. The number of rotatable bonds is 9. The zero-order valence-corrected chi connectivity index (χ0v) is 18.8. The highest BCUT2D eigenvalue weighted by atomic mass is 16.2. The first-order valence-corrected chi connectivity index (χ1v) is 11.1. The van der Waals surface area contributed by atoms with E-state index < -0.39 is 11.8 Å². The summed E-state index contributed by atoms with van der Waals surface area (Å²) in [6.45, 7) is 2.77. The van der Waals surface area contributed by atoms with E-state index in [1.807, 2.05) is 49.4 Å². The van der Waals surface area contributed by atoms with Gasteiger partial charge in [-0.15, -0.1) is 0 Å². The van der Waals surface area contributed by atoms with Gasteiger partial charge in [0.05, 0.1) is 11.3 Å².